The van der Waals surface area contributed by atoms with Gasteiger partial charge in [-0.25, -0.2) is 0 Å². The summed E-state index contributed by atoms with van der Waals surface area (Å²) in [6, 6.07) is 0.121. The molecule has 0 saturated heterocycles. The molecule has 8 heteroatoms. The van der Waals surface area contributed by atoms with Crippen LogP contribution in [0.4, 0.5) is 11.6 Å². The summed E-state index contributed by atoms with van der Waals surface area (Å²) >= 11 is 1.38. The number of hydrogen-bond donors (Lipinski definition) is 1. The molecule has 1 saturated carbocycles. The molecule has 2 unspecified atom stereocenters. The number of nitrogens with zero attached hydrogens (tertiary/aromatic N) is 3. The van der Waals surface area contributed by atoms with Crippen LogP contribution in [0.2, 0.25) is 0 Å². The van der Waals surface area contributed by atoms with Crippen LogP contribution in [0.15, 0.2) is 11.6 Å². The zero-order valence-corrected chi connectivity index (χ0v) is 12.3. The highest BCUT2D eigenvalue weighted by molar-refractivity contribution is 7.15. The first-order chi connectivity index (χ1) is 9.45. The van der Waals surface area contributed by atoms with Crippen molar-refractivity contribution >= 4 is 27.9 Å². The Bertz CT molecular complexity index is 663. The zero-order valence-electron chi connectivity index (χ0n) is 11.5. The average Bonchev–Trinajstić information content (AvgIpc) is 2.92. The van der Waals surface area contributed by atoms with Crippen LogP contribution in [0.5, 0.6) is 0 Å². The SMILES string of the molecule is COC1CC(Nc2nc3sccn3c2[N+](=O)[O-])C1(C)C. The molecule has 7 nitrogen and oxygen atoms in total. The number of rotatable bonds is 4. The normalized spacial score (nSPS) is 24.6. The molecule has 0 bridgehead atoms. The fourth-order valence-corrected chi connectivity index (χ4v) is 3.45. The maximum Gasteiger partial charge on any atom is 0.372 e. The van der Waals surface area contributed by atoms with Crippen molar-refractivity contribution < 1.29 is 9.66 Å². The van der Waals surface area contributed by atoms with E-state index in [1.807, 2.05) is 0 Å². The first-order valence-corrected chi connectivity index (χ1v) is 7.22. The Morgan fingerprint density at radius 3 is 3.00 bits per heavy atom. The van der Waals surface area contributed by atoms with Crippen LogP contribution in [-0.4, -0.2) is 33.6 Å². The third-order valence-corrected chi connectivity index (χ3v) is 4.94. The second kappa shape index (κ2) is 4.42. The molecule has 0 aliphatic heterocycles. The molecule has 0 radical (unpaired) electrons. The van der Waals surface area contributed by atoms with Gasteiger partial charge in [0.05, 0.1) is 6.10 Å². The van der Waals surface area contributed by atoms with E-state index in [0.717, 1.165) is 6.42 Å². The van der Waals surface area contributed by atoms with Gasteiger partial charge >= 0.3 is 5.82 Å². The lowest BCUT2D eigenvalue weighted by molar-refractivity contribution is -0.389. The van der Waals surface area contributed by atoms with E-state index in [4.69, 9.17) is 4.74 Å². The quantitative estimate of drug-likeness (QED) is 0.692. The number of hydrogen-bond acceptors (Lipinski definition) is 6. The highest BCUT2D eigenvalue weighted by atomic mass is 32.1. The van der Waals surface area contributed by atoms with Gasteiger partial charge in [0.1, 0.15) is 6.20 Å². The van der Waals surface area contributed by atoms with Crippen LogP contribution < -0.4 is 5.32 Å². The Balaban J connectivity index is 1.90. The van der Waals surface area contributed by atoms with Gasteiger partial charge in [-0.15, -0.1) is 0 Å². The highest BCUT2D eigenvalue weighted by Crippen LogP contribution is 2.45. The van der Waals surface area contributed by atoms with Crippen LogP contribution in [0, 0.1) is 15.5 Å². The lowest BCUT2D eigenvalue weighted by Crippen LogP contribution is -2.57. The Morgan fingerprint density at radius 2 is 2.40 bits per heavy atom. The molecule has 1 fully saturated rings. The van der Waals surface area contributed by atoms with Crippen LogP contribution in [0.3, 0.4) is 0 Å². The number of ether oxygens (including phenoxy) is 1. The second-order valence-electron chi connectivity index (χ2n) is 5.58. The molecule has 20 heavy (non-hydrogen) atoms. The molecular formula is C12H16N4O3S. The maximum atomic E-state index is 11.2. The Kier molecular flexibility index (Phi) is 2.94. The highest BCUT2D eigenvalue weighted by Gasteiger charge is 2.49. The van der Waals surface area contributed by atoms with Gasteiger partial charge in [-0.1, -0.05) is 25.2 Å². The van der Waals surface area contributed by atoms with Gasteiger partial charge in [-0.3, -0.25) is 0 Å². The molecule has 1 N–H and O–H groups in total. The number of anilines is 1. The van der Waals surface area contributed by atoms with Gasteiger partial charge in [-0.2, -0.15) is 9.38 Å². The van der Waals surface area contributed by atoms with E-state index in [2.05, 4.69) is 24.1 Å². The summed E-state index contributed by atoms with van der Waals surface area (Å²) in [6.45, 7) is 4.18. The standard InChI is InChI=1S/C12H16N4O3S/c1-12(2)7(6-8(12)19-3)13-9-10(16(17)18)15-4-5-20-11(15)14-9/h4-5,7-8,13H,6H2,1-3H3. The van der Waals surface area contributed by atoms with E-state index < -0.39 is 4.92 Å². The maximum absolute atomic E-state index is 11.2. The lowest BCUT2D eigenvalue weighted by atomic mass is 9.64. The smallest absolute Gasteiger partial charge is 0.372 e. The van der Waals surface area contributed by atoms with Gasteiger partial charge < -0.3 is 20.2 Å². The van der Waals surface area contributed by atoms with Crippen LogP contribution in [0.25, 0.3) is 4.96 Å². The molecule has 2 aromatic heterocycles. The number of methoxy groups -OCH3 is 1. The molecule has 0 spiro atoms. The molecule has 2 aromatic rings. The van der Waals surface area contributed by atoms with Crippen molar-refractivity contribution in [2.24, 2.45) is 5.41 Å². The predicted octanol–water partition coefficient (Wildman–Crippen LogP) is 2.53. The van der Waals surface area contributed by atoms with Gasteiger partial charge in [-0.05, 0) is 11.3 Å². The summed E-state index contributed by atoms with van der Waals surface area (Å²) in [5, 5.41) is 16.2. The van der Waals surface area contributed by atoms with Crippen molar-refractivity contribution in [3.63, 3.8) is 0 Å². The number of nitrogens with one attached hydrogen (secondary N) is 1. The summed E-state index contributed by atoms with van der Waals surface area (Å²) in [7, 11) is 1.69. The van der Waals surface area contributed by atoms with E-state index in [1.165, 1.54) is 15.7 Å². The fraction of sp³-hybridized carbons (Fsp3) is 0.583. The second-order valence-corrected chi connectivity index (χ2v) is 6.45. The van der Waals surface area contributed by atoms with Gasteiger partial charge in [0.2, 0.25) is 5.82 Å². The van der Waals surface area contributed by atoms with Crippen molar-refractivity contribution in [1.82, 2.24) is 9.38 Å². The molecule has 0 aromatic carbocycles. The minimum atomic E-state index is -0.394. The van der Waals surface area contributed by atoms with Gasteiger partial charge in [0, 0.05) is 23.9 Å². The molecule has 2 atom stereocenters. The number of imidazole rings is 1. The van der Waals surface area contributed by atoms with E-state index in [9.17, 15) is 10.1 Å². The Morgan fingerprint density at radius 1 is 1.65 bits per heavy atom. The molecule has 1 aliphatic rings. The monoisotopic (exact) mass is 296 g/mol. The van der Waals surface area contributed by atoms with Gasteiger partial charge in [0.25, 0.3) is 4.96 Å². The Hall–Kier alpha value is -1.67. The number of fused-ring (bicyclic) bond motifs is 1. The summed E-state index contributed by atoms with van der Waals surface area (Å²) < 4.78 is 6.90. The number of nitro groups is 1. The topological polar surface area (TPSA) is 81.7 Å². The van der Waals surface area contributed by atoms with Crippen molar-refractivity contribution in [3.8, 4) is 0 Å². The summed E-state index contributed by atoms with van der Waals surface area (Å²) in [5.41, 5.74) is -0.0698. The van der Waals surface area contributed by atoms with Crippen molar-refractivity contribution in [3.05, 3.63) is 21.7 Å². The van der Waals surface area contributed by atoms with Crippen molar-refractivity contribution in [2.75, 3.05) is 12.4 Å². The molecule has 108 valence electrons. The first kappa shape index (κ1) is 13.3. The molecule has 3 rings (SSSR count). The third-order valence-electron chi connectivity index (χ3n) is 4.18. The minimum Gasteiger partial charge on any atom is -0.381 e. The van der Waals surface area contributed by atoms with Crippen LogP contribution in [-0.2, 0) is 4.74 Å². The van der Waals surface area contributed by atoms with Crippen LogP contribution in [0.1, 0.15) is 20.3 Å². The summed E-state index contributed by atoms with van der Waals surface area (Å²) in [5.74, 6) is 0.340. The van der Waals surface area contributed by atoms with Crippen molar-refractivity contribution in [1.29, 1.82) is 0 Å². The largest absolute Gasteiger partial charge is 0.381 e. The molecular weight excluding hydrogens is 280 g/mol. The third kappa shape index (κ3) is 1.79. The first-order valence-electron chi connectivity index (χ1n) is 6.34. The van der Waals surface area contributed by atoms with E-state index >= 15 is 0 Å². The molecule has 0 amide bonds. The van der Waals surface area contributed by atoms with E-state index in [1.54, 1.807) is 18.7 Å². The van der Waals surface area contributed by atoms with Crippen molar-refractivity contribution in [2.45, 2.75) is 32.4 Å². The van der Waals surface area contributed by atoms with Crippen LogP contribution >= 0.6 is 11.3 Å². The fourth-order valence-electron chi connectivity index (χ4n) is 2.74. The summed E-state index contributed by atoms with van der Waals surface area (Å²) in [4.78, 5) is 15.8. The predicted molar refractivity (Wildman–Crippen MR) is 76.3 cm³/mol. The molecule has 2 heterocycles. The number of aromatic nitrogens is 2. The molecule has 1 aliphatic carbocycles. The average molecular weight is 296 g/mol. The van der Waals surface area contributed by atoms with E-state index in [0.29, 0.717) is 10.8 Å². The summed E-state index contributed by atoms with van der Waals surface area (Å²) in [6.07, 6.45) is 2.66. The minimum absolute atomic E-state index is 0.00193. The Labute approximate surface area is 119 Å². The number of thiazole rings is 1. The van der Waals surface area contributed by atoms with E-state index in [-0.39, 0.29) is 23.4 Å². The lowest BCUT2D eigenvalue weighted by Gasteiger charge is -2.51. The zero-order chi connectivity index (χ0) is 14.5. The van der Waals surface area contributed by atoms with Gasteiger partial charge in [0.15, 0.2) is 0 Å².